The molecule has 102 valence electrons. The number of carbonyl (C=O) groups is 2. The molecule has 4 heteroatoms. The fourth-order valence-corrected chi connectivity index (χ4v) is 2.78. The Hall–Kier alpha value is -1.00. The highest BCUT2D eigenvalue weighted by molar-refractivity contribution is 6.08. The molecule has 0 aromatic heterocycles. The van der Waals surface area contributed by atoms with Gasteiger partial charge in [0.15, 0.2) is 11.4 Å². The van der Waals surface area contributed by atoms with E-state index in [9.17, 15) is 19.8 Å². The maximum Gasteiger partial charge on any atom is 0.190 e. The molecule has 0 heterocycles. The quantitative estimate of drug-likeness (QED) is 0.727. The summed E-state index contributed by atoms with van der Waals surface area (Å²) in [5.41, 5.74) is -3.79. The van der Waals surface area contributed by atoms with Gasteiger partial charge in [0.25, 0.3) is 0 Å². The van der Waals surface area contributed by atoms with Crippen molar-refractivity contribution < 1.29 is 19.8 Å². The normalized spacial score (nSPS) is 33.3. The maximum atomic E-state index is 12.3. The van der Waals surface area contributed by atoms with Crippen LogP contribution in [0, 0.1) is 10.8 Å². The Morgan fingerprint density at radius 2 is 1.67 bits per heavy atom. The van der Waals surface area contributed by atoms with Crippen LogP contribution in [0.15, 0.2) is 11.6 Å². The first-order valence-corrected chi connectivity index (χ1v) is 6.04. The fraction of sp³-hybridized carbons (Fsp3) is 0.714. The summed E-state index contributed by atoms with van der Waals surface area (Å²) in [6, 6.07) is 0. The summed E-state index contributed by atoms with van der Waals surface area (Å²) in [5.74, 6) is -0.917. The van der Waals surface area contributed by atoms with Crippen molar-refractivity contribution >= 4 is 11.6 Å². The van der Waals surface area contributed by atoms with Crippen molar-refractivity contribution in [3.63, 3.8) is 0 Å². The van der Waals surface area contributed by atoms with Gasteiger partial charge in [-0.2, -0.15) is 0 Å². The molecule has 1 aliphatic carbocycles. The Bertz CT molecular complexity index is 427. The molecule has 0 spiro atoms. The molecular weight excluding hydrogens is 232 g/mol. The Balaban J connectivity index is 3.43. The third-order valence-electron chi connectivity index (χ3n) is 3.98. The predicted molar refractivity (Wildman–Crippen MR) is 68.0 cm³/mol. The molecule has 0 aliphatic heterocycles. The number of ketones is 2. The number of aliphatic hydroxyl groups is 2. The average molecular weight is 254 g/mol. The second-order valence-electron chi connectivity index (χ2n) is 6.43. The molecule has 4 nitrogen and oxygen atoms in total. The van der Waals surface area contributed by atoms with E-state index >= 15 is 0 Å². The molecule has 0 bridgehead atoms. The molecular formula is C14H22O4. The van der Waals surface area contributed by atoms with E-state index in [-0.39, 0.29) is 5.78 Å². The molecule has 1 aliphatic rings. The summed E-state index contributed by atoms with van der Waals surface area (Å²) in [5, 5.41) is 20.9. The monoisotopic (exact) mass is 254 g/mol. The highest BCUT2D eigenvalue weighted by atomic mass is 16.4. The van der Waals surface area contributed by atoms with Crippen molar-refractivity contribution in [1.82, 2.24) is 0 Å². The number of rotatable bonds is 2. The zero-order valence-electron chi connectivity index (χ0n) is 11.9. The molecule has 18 heavy (non-hydrogen) atoms. The summed E-state index contributed by atoms with van der Waals surface area (Å²) in [4.78, 5) is 24.5. The lowest BCUT2D eigenvalue weighted by atomic mass is 9.73. The third-order valence-corrected chi connectivity index (χ3v) is 3.98. The summed E-state index contributed by atoms with van der Waals surface area (Å²) in [6.07, 6.45) is -0.129. The van der Waals surface area contributed by atoms with E-state index in [1.165, 1.54) is 19.9 Å². The van der Waals surface area contributed by atoms with Crippen LogP contribution in [0.3, 0.4) is 0 Å². The largest absolute Gasteiger partial charge is 0.389 e. The zero-order chi connectivity index (χ0) is 14.5. The minimum atomic E-state index is -2.06. The summed E-state index contributed by atoms with van der Waals surface area (Å²) >= 11 is 0. The SMILES string of the molecule is CC(C)=CC(=O)[C@]1(O)[C@@H](O)C(C)(C)C(=O)C1(C)C. The van der Waals surface area contributed by atoms with E-state index in [1.807, 2.05) is 0 Å². The summed E-state index contributed by atoms with van der Waals surface area (Å²) < 4.78 is 0. The number of aliphatic hydroxyl groups excluding tert-OH is 1. The van der Waals surface area contributed by atoms with Crippen LogP contribution in [0.5, 0.6) is 0 Å². The van der Waals surface area contributed by atoms with Gasteiger partial charge in [-0.1, -0.05) is 19.4 Å². The van der Waals surface area contributed by atoms with Gasteiger partial charge >= 0.3 is 0 Å². The molecule has 1 rings (SSSR count). The van der Waals surface area contributed by atoms with Crippen molar-refractivity contribution in [2.45, 2.75) is 53.2 Å². The Labute approximate surface area is 108 Å². The molecule has 0 radical (unpaired) electrons. The number of Topliss-reactive ketones (excluding diaryl/α,β-unsaturated/α-hetero) is 1. The van der Waals surface area contributed by atoms with Crippen LogP contribution in [0.25, 0.3) is 0 Å². The highest BCUT2D eigenvalue weighted by Gasteiger charge is 2.70. The number of hydrogen-bond donors (Lipinski definition) is 2. The molecule has 0 unspecified atom stereocenters. The minimum Gasteiger partial charge on any atom is -0.389 e. The second-order valence-corrected chi connectivity index (χ2v) is 6.43. The van der Waals surface area contributed by atoms with Crippen LogP contribution in [0.1, 0.15) is 41.5 Å². The first-order valence-electron chi connectivity index (χ1n) is 6.04. The molecule has 0 aromatic rings. The fourth-order valence-electron chi connectivity index (χ4n) is 2.78. The van der Waals surface area contributed by atoms with E-state index in [4.69, 9.17) is 0 Å². The number of allylic oxidation sites excluding steroid dienone is 1. The molecule has 0 amide bonds. The lowest BCUT2D eigenvalue weighted by molar-refractivity contribution is -0.161. The van der Waals surface area contributed by atoms with Gasteiger partial charge in [-0.15, -0.1) is 0 Å². The van der Waals surface area contributed by atoms with Gasteiger partial charge in [-0.3, -0.25) is 9.59 Å². The van der Waals surface area contributed by atoms with Gasteiger partial charge in [0, 0.05) is 0 Å². The van der Waals surface area contributed by atoms with Crippen LogP contribution in [-0.2, 0) is 9.59 Å². The number of carbonyl (C=O) groups excluding carboxylic acids is 2. The first kappa shape index (κ1) is 15.1. The Morgan fingerprint density at radius 1 is 1.22 bits per heavy atom. The topological polar surface area (TPSA) is 74.6 Å². The van der Waals surface area contributed by atoms with Gasteiger partial charge in [0.05, 0.1) is 10.8 Å². The van der Waals surface area contributed by atoms with Crippen molar-refractivity contribution in [2.24, 2.45) is 10.8 Å². The molecule has 0 aromatic carbocycles. The van der Waals surface area contributed by atoms with Crippen molar-refractivity contribution in [2.75, 3.05) is 0 Å². The van der Waals surface area contributed by atoms with Crippen molar-refractivity contribution in [3.05, 3.63) is 11.6 Å². The molecule has 1 saturated carbocycles. The van der Waals surface area contributed by atoms with Crippen LogP contribution < -0.4 is 0 Å². The van der Waals surface area contributed by atoms with E-state index in [0.717, 1.165) is 0 Å². The summed E-state index contributed by atoms with van der Waals surface area (Å²) in [7, 11) is 0. The van der Waals surface area contributed by atoms with Gasteiger partial charge in [0.1, 0.15) is 11.9 Å². The molecule has 2 atom stereocenters. The predicted octanol–water partition coefficient (Wildman–Crippen LogP) is 1.25. The van der Waals surface area contributed by atoms with E-state index in [2.05, 4.69) is 0 Å². The molecule has 1 fully saturated rings. The van der Waals surface area contributed by atoms with Crippen molar-refractivity contribution in [3.8, 4) is 0 Å². The highest BCUT2D eigenvalue weighted by Crippen LogP contribution is 2.52. The zero-order valence-corrected chi connectivity index (χ0v) is 11.9. The van der Waals surface area contributed by atoms with Crippen LogP contribution in [-0.4, -0.2) is 33.5 Å². The molecule has 0 saturated heterocycles. The van der Waals surface area contributed by atoms with Crippen LogP contribution in [0.2, 0.25) is 0 Å². The maximum absolute atomic E-state index is 12.3. The van der Waals surface area contributed by atoms with Crippen LogP contribution >= 0.6 is 0 Å². The van der Waals surface area contributed by atoms with E-state index in [0.29, 0.717) is 5.57 Å². The van der Waals surface area contributed by atoms with Crippen LogP contribution in [0.4, 0.5) is 0 Å². The van der Waals surface area contributed by atoms with E-state index < -0.39 is 28.3 Å². The van der Waals surface area contributed by atoms with Crippen molar-refractivity contribution in [1.29, 1.82) is 0 Å². The summed E-state index contributed by atoms with van der Waals surface area (Å²) in [6.45, 7) is 9.56. The van der Waals surface area contributed by atoms with Gasteiger partial charge in [-0.25, -0.2) is 0 Å². The Morgan fingerprint density at radius 3 is 1.94 bits per heavy atom. The standard InChI is InChI=1S/C14H22O4/c1-8(2)7-9(15)14(18)11(17)12(3,4)10(16)13(14,5)6/h7,11,17-18H,1-6H3/t11-,14-/m0/s1. The average Bonchev–Trinajstić information content (AvgIpc) is 2.31. The van der Waals surface area contributed by atoms with Gasteiger partial charge in [-0.05, 0) is 33.8 Å². The lowest BCUT2D eigenvalue weighted by Crippen LogP contribution is -2.56. The van der Waals surface area contributed by atoms with E-state index in [1.54, 1.807) is 27.7 Å². The van der Waals surface area contributed by atoms with Gasteiger partial charge < -0.3 is 10.2 Å². The van der Waals surface area contributed by atoms with Gasteiger partial charge in [0.2, 0.25) is 0 Å². The molecule has 2 N–H and O–H groups in total. The smallest absolute Gasteiger partial charge is 0.190 e. The number of hydrogen-bond acceptors (Lipinski definition) is 4. The Kier molecular flexibility index (Phi) is 3.35. The third kappa shape index (κ3) is 1.67. The minimum absolute atomic E-state index is 0.305. The second kappa shape index (κ2) is 4.00. The lowest BCUT2D eigenvalue weighted by Gasteiger charge is -2.35. The first-order chi connectivity index (χ1) is 7.90.